The number of ether oxygens (including phenoxy) is 1. The lowest BCUT2D eigenvalue weighted by Crippen LogP contribution is -2.49. The van der Waals surface area contributed by atoms with Crippen LogP contribution in [0, 0.1) is 0 Å². The highest BCUT2D eigenvalue weighted by Gasteiger charge is 2.60. The summed E-state index contributed by atoms with van der Waals surface area (Å²) >= 11 is 1.38. The number of amides is 2. The van der Waals surface area contributed by atoms with Gasteiger partial charge in [-0.05, 0) is 18.2 Å². The van der Waals surface area contributed by atoms with Gasteiger partial charge in [-0.15, -0.1) is 11.8 Å². The molecule has 2 aromatic carbocycles. The van der Waals surface area contributed by atoms with Gasteiger partial charge in [-0.25, -0.2) is 0 Å². The molecule has 2 aliphatic heterocycles. The number of carbonyl (C=O) groups is 2. The van der Waals surface area contributed by atoms with E-state index in [1.54, 1.807) is 30.0 Å². The smallest absolute Gasteiger partial charge is 0.268 e. The minimum atomic E-state index is -1.03. The number of rotatable bonds is 2. The molecule has 24 heavy (non-hydrogen) atoms. The van der Waals surface area contributed by atoms with E-state index >= 15 is 0 Å². The molecule has 2 heterocycles. The summed E-state index contributed by atoms with van der Waals surface area (Å²) < 4.78 is 5.28. The largest absolute Gasteiger partial charge is 0.497 e. The van der Waals surface area contributed by atoms with Crippen molar-refractivity contribution in [1.82, 2.24) is 0 Å². The van der Waals surface area contributed by atoms with Crippen LogP contribution in [0.4, 0.5) is 11.4 Å². The molecule has 2 amide bonds. The minimum absolute atomic E-state index is 0.0771. The molecule has 1 unspecified atom stereocenters. The number of carbonyl (C=O) groups excluding carboxylic acids is 2. The first-order chi connectivity index (χ1) is 11.6. The Kier molecular flexibility index (Phi) is 3.31. The van der Waals surface area contributed by atoms with E-state index in [9.17, 15) is 9.59 Å². The molecule has 1 fully saturated rings. The molecule has 0 N–H and O–H groups in total. The lowest BCUT2D eigenvalue weighted by molar-refractivity contribution is -0.123. The highest BCUT2D eigenvalue weighted by molar-refractivity contribution is 8.02. The monoisotopic (exact) mass is 340 g/mol. The Morgan fingerprint density at radius 2 is 1.92 bits per heavy atom. The summed E-state index contributed by atoms with van der Waals surface area (Å²) in [4.78, 5) is 28.1. The third kappa shape index (κ3) is 1.83. The van der Waals surface area contributed by atoms with Gasteiger partial charge >= 0.3 is 0 Å². The van der Waals surface area contributed by atoms with E-state index in [4.69, 9.17) is 4.74 Å². The van der Waals surface area contributed by atoms with Crippen LogP contribution < -0.4 is 14.5 Å². The van der Waals surface area contributed by atoms with Crippen molar-refractivity contribution in [3.8, 4) is 5.75 Å². The quantitative estimate of drug-likeness (QED) is 0.843. The van der Waals surface area contributed by atoms with Gasteiger partial charge < -0.3 is 9.64 Å². The second-order valence-corrected chi connectivity index (χ2v) is 6.91. The second-order valence-electron chi connectivity index (χ2n) is 5.74. The maximum atomic E-state index is 13.2. The Morgan fingerprint density at radius 3 is 2.71 bits per heavy atom. The molecule has 0 bridgehead atoms. The Hall–Kier alpha value is -2.47. The lowest BCUT2D eigenvalue weighted by atomic mass is 10.0. The zero-order chi connectivity index (χ0) is 16.9. The molecule has 0 saturated carbocycles. The van der Waals surface area contributed by atoms with Gasteiger partial charge in [0.1, 0.15) is 5.75 Å². The number of benzene rings is 2. The van der Waals surface area contributed by atoms with Crippen molar-refractivity contribution < 1.29 is 14.3 Å². The van der Waals surface area contributed by atoms with Gasteiger partial charge in [-0.3, -0.25) is 14.5 Å². The van der Waals surface area contributed by atoms with Gasteiger partial charge in [-0.1, -0.05) is 24.3 Å². The fourth-order valence-corrected chi connectivity index (χ4v) is 4.79. The lowest BCUT2D eigenvalue weighted by Gasteiger charge is -2.33. The summed E-state index contributed by atoms with van der Waals surface area (Å²) in [5.41, 5.74) is 2.37. The normalized spacial score (nSPS) is 22.4. The summed E-state index contributed by atoms with van der Waals surface area (Å²) in [5, 5.41) is 0. The van der Waals surface area contributed by atoms with Crippen molar-refractivity contribution in [2.75, 3.05) is 29.7 Å². The number of fused-ring (bicyclic) bond motifs is 2. The molecule has 122 valence electrons. The SMILES string of the molecule is COc1cccc(N2C(=O)CSC23C(=O)N(C)c2ccccc23)c1. The molecular weight excluding hydrogens is 324 g/mol. The third-order valence-corrected chi connectivity index (χ3v) is 5.89. The van der Waals surface area contributed by atoms with E-state index < -0.39 is 4.87 Å². The molecule has 2 aromatic rings. The van der Waals surface area contributed by atoms with Crippen LogP contribution in [0.1, 0.15) is 5.56 Å². The van der Waals surface area contributed by atoms with Crippen molar-refractivity contribution in [2.45, 2.75) is 4.87 Å². The van der Waals surface area contributed by atoms with Crippen LogP contribution >= 0.6 is 11.8 Å². The number of likely N-dealkylation sites (N-methyl/N-ethyl adjacent to an activating group) is 1. The van der Waals surface area contributed by atoms with Crippen molar-refractivity contribution in [1.29, 1.82) is 0 Å². The van der Waals surface area contributed by atoms with Gasteiger partial charge in [0.25, 0.3) is 5.91 Å². The van der Waals surface area contributed by atoms with Gasteiger partial charge in [0, 0.05) is 24.4 Å². The first-order valence-corrected chi connectivity index (χ1v) is 8.57. The predicted octanol–water partition coefficient (Wildman–Crippen LogP) is 2.60. The Balaban J connectivity index is 1.93. The summed E-state index contributed by atoms with van der Waals surface area (Å²) in [6.07, 6.45) is 0. The molecule has 6 heteroatoms. The van der Waals surface area contributed by atoms with Crippen LogP contribution in [0.25, 0.3) is 0 Å². The highest BCUT2D eigenvalue weighted by Crippen LogP contribution is 2.55. The fraction of sp³-hybridized carbons (Fsp3) is 0.222. The Labute approximate surface area is 144 Å². The van der Waals surface area contributed by atoms with Gasteiger partial charge in [-0.2, -0.15) is 0 Å². The van der Waals surface area contributed by atoms with E-state index in [-0.39, 0.29) is 17.6 Å². The molecule has 0 aliphatic carbocycles. The van der Waals surface area contributed by atoms with Crippen LogP contribution in [0.3, 0.4) is 0 Å². The molecule has 1 saturated heterocycles. The van der Waals surface area contributed by atoms with Crippen LogP contribution in [0.15, 0.2) is 48.5 Å². The summed E-state index contributed by atoms with van der Waals surface area (Å²) in [7, 11) is 3.34. The number of anilines is 2. The van der Waals surface area contributed by atoms with Crippen LogP contribution in [-0.4, -0.2) is 31.7 Å². The van der Waals surface area contributed by atoms with E-state index in [1.165, 1.54) is 11.8 Å². The van der Waals surface area contributed by atoms with E-state index in [0.29, 0.717) is 11.4 Å². The second kappa shape index (κ2) is 5.27. The molecule has 4 rings (SSSR count). The van der Waals surface area contributed by atoms with Crippen LogP contribution in [0.2, 0.25) is 0 Å². The number of methoxy groups -OCH3 is 1. The summed E-state index contributed by atoms with van der Waals surface area (Å²) in [6, 6.07) is 14.9. The maximum absolute atomic E-state index is 13.2. The molecule has 0 aromatic heterocycles. The van der Waals surface area contributed by atoms with Crippen LogP contribution in [-0.2, 0) is 14.5 Å². The third-order valence-electron chi connectivity index (χ3n) is 4.51. The zero-order valence-electron chi connectivity index (χ0n) is 13.4. The van der Waals surface area contributed by atoms with Gasteiger partial charge in [0.2, 0.25) is 10.8 Å². The van der Waals surface area contributed by atoms with Crippen LogP contribution in [0.5, 0.6) is 5.75 Å². The molecule has 5 nitrogen and oxygen atoms in total. The van der Waals surface area contributed by atoms with E-state index in [2.05, 4.69) is 0 Å². The topological polar surface area (TPSA) is 49.9 Å². The Bertz CT molecular complexity index is 854. The fourth-order valence-electron chi connectivity index (χ4n) is 3.41. The molecule has 1 atom stereocenters. The first kappa shape index (κ1) is 15.1. The average Bonchev–Trinajstić information content (AvgIpc) is 3.07. The van der Waals surface area contributed by atoms with E-state index in [1.807, 2.05) is 42.5 Å². The average molecular weight is 340 g/mol. The number of para-hydroxylation sites is 1. The van der Waals surface area contributed by atoms with Crippen molar-refractivity contribution in [3.63, 3.8) is 0 Å². The molecule has 0 radical (unpaired) electrons. The Morgan fingerprint density at radius 1 is 1.12 bits per heavy atom. The highest BCUT2D eigenvalue weighted by atomic mass is 32.2. The zero-order valence-corrected chi connectivity index (χ0v) is 14.2. The molecule has 2 aliphatic rings. The molecular formula is C18H16N2O3S. The number of thioether (sulfide) groups is 1. The van der Waals surface area contributed by atoms with Crippen molar-refractivity contribution in [3.05, 3.63) is 54.1 Å². The number of hydrogen-bond donors (Lipinski definition) is 0. The van der Waals surface area contributed by atoms with Crippen molar-refractivity contribution in [2.24, 2.45) is 0 Å². The number of nitrogens with zero attached hydrogens (tertiary/aromatic N) is 2. The summed E-state index contributed by atoms with van der Waals surface area (Å²) in [5.74, 6) is 0.749. The summed E-state index contributed by atoms with van der Waals surface area (Å²) in [6.45, 7) is 0. The number of hydrogen-bond acceptors (Lipinski definition) is 4. The maximum Gasteiger partial charge on any atom is 0.268 e. The van der Waals surface area contributed by atoms with E-state index in [0.717, 1.165) is 11.3 Å². The standard InChI is InChI=1S/C18H16N2O3S/c1-19-15-9-4-3-8-14(15)18(17(19)22)20(16(21)11-24-18)12-6-5-7-13(10-12)23-2/h3-10H,11H2,1-2H3. The molecule has 1 spiro atoms. The van der Waals surface area contributed by atoms with Crippen molar-refractivity contribution >= 4 is 35.0 Å². The van der Waals surface area contributed by atoms with Gasteiger partial charge in [0.15, 0.2) is 0 Å². The minimum Gasteiger partial charge on any atom is -0.497 e. The van der Waals surface area contributed by atoms with Gasteiger partial charge in [0.05, 0.1) is 18.6 Å². The predicted molar refractivity (Wildman–Crippen MR) is 94.5 cm³/mol. The first-order valence-electron chi connectivity index (χ1n) is 7.58.